The van der Waals surface area contributed by atoms with Crippen molar-refractivity contribution in [1.29, 1.82) is 0 Å². The molecule has 0 spiro atoms. The summed E-state index contributed by atoms with van der Waals surface area (Å²) >= 11 is 6.16. The van der Waals surface area contributed by atoms with Crippen molar-refractivity contribution in [3.05, 3.63) is 22.2 Å². The Balaban J connectivity index is 2.42. The van der Waals surface area contributed by atoms with Crippen molar-refractivity contribution in [2.24, 2.45) is 0 Å². The molecule has 0 atom stereocenters. The largest absolute Gasteiger partial charge is 0.381 e. The van der Waals surface area contributed by atoms with E-state index in [4.69, 9.17) is 21.1 Å². The minimum atomic E-state index is -0.435. The van der Waals surface area contributed by atoms with Crippen molar-refractivity contribution in [3.8, 4) is 0 Å². The van der Waals surface area contributed by atoms with Gasteiger partial charge in [-0.1, -0.05) is 11.6 Å². The zero-order chi connectivity index (χ0) is 13.2. The van der Waals surface area contributed by atoms with Gasteiger partial charge >= 0.3 is 0 Å². The van der Waals surface area contributed by atoms with Crippen LogP contribution in [-0.2, 0) is 15.1 Å². The molecule has 5 heteroatoms. The number of aromatic nitrogens is 2. The lowest BCUT2D eigenvalue weighted by atomic mass is 9.92. The second kappa shape index (κ2) is 5.51. The fraction of sp³-hybridized carbons (Fsp3) is 0.692. The summed E-state index contributed by atoms with van der Waals surface area (Å²) in [5, 5.41) is 0.517. The van der Waals surface area contributed by atoms with Crippen molar-refractivity contribution in [2.45, 2.75) is 39.2 Å². The van der Waals surface area contributed by atoms with Gasteiger partial charge in [-0.25, -0.2) is 9.97 Å². The summed E-state index contributed by atoms with van der Waals surface area (Å²) in [7, 11) is 0. The first-order chi connectivity index (χ1) is 8.59. The number of rotatable bonds is 3. The number of halogens is 1. The number of hydrogen-bond donors (Lipinski definition) is 0. The molecule has 0 saturated carbocycles. The molecule has 1 aliphatic rings. The van der Waals surface area contributed by atoms with E-state index >= 15 is 0 Å². The first kappa shape index (κ1) is 13.7. The fourth-order valence-corrected chi connectivity index (χ4v) is 2.42. The minimum Gasteiger partial charge on any atom is -0.381 e. The summed E-state index contributed by atoms with van der Waals surface area (Å²) in [5.41, 5.74) is 1.41. The van der Waals surface area contributed by atoms with E-state index in [9.17, 15) is 0 Å². The highest BCUT2D eigenvalue weighted by atomic mass is 35.5. The molecule has 0 bridgehead atoms. The molecule has 0 aliphatic carbocycles. The quantitative estimate of drug-likeness (QED) is 0.793. The van der Waals surface area contributed by atoms with E-state index in [0.29, 0.717) is 30.8 Å². The molecular weight excluding hydrogens is 252 g/mol. The van der Waals surface area contributed by atoms with Crippen LogP contribution in [0, 0.1) is 13.8 Å². The summed E-state index contributed by atoms with van der Waals surface area (Å²) in [6.07, 6.45) is 1.55. The Morgan fingerprint density at radius 1 is 1.28 bits per heavy atom. The number of aryl methyl sites for hydroxylation is 1. The highest BCUT2D eigenvalue weighted by Crippen LogP contribution is 2.35. The van der Waals surface area contributed by atoms with E-state index in [1.54, 1.807) is 0 Å². The van der Waals surface area contributed by atoms with Gasteiger partial charge in [0.1, 0.15) is 10.8 Å². The molecule has 2 heterocycles. The predicted molar refractivity (Wildman–Crippen MR) is 69.9 cm³/mol. The molecule has 1 aromatic heterocycles. The average molecular weight is 271 g/mol. The van der Waals surface area contributed by atoms with E-state index in [1.165, 1.54) is 0 Å². The molecule has 1 fully saturated rings. The molecule has 0 aromatic carbocycles. The van der Waals surface area contributed by atoms with Crippen LogP contribution in [0.2, 0.25) is 5.15 Å². The molecule has 18 heavy (non-hydrogen) atoms. The maximum Gasteiger partial charge on any atom is 0.162 e. The third kappa shape index (κ3) is 2.51. The lowest BCUT2D eigenvalue weighted by Gasteiger charge is -2.35. The lowest BCUT2D eigenvalue weighted by molar-refractivity contribution is -0.117. The van der Waals surface area contributed by atoms with Gasteiger partial charge in [0, 0.05) is 43.9 Å². The topological polar surface area (TPSA) is 44.2 Å². The Bertz CT molecular complexity index is 402. The molecule has 100 valence electrons. The molecule has 0 radical (unpaired) electrons. The molecule has 1 aliphatic heterocycles. The third-order valence-electron chi connectivity index (χ3n) is 3.46. The van der Waals surface area contributed by atoms with Crippen LogP contribution < -0.4 is 0 Å². The Labute approximate surface area is 113 Å². The molecule has 0 amide bonds. The Kier molecular flexibility index (Phi) is 4.20. The van der Waals surface area contributed by atoms with Gasteiger partial charge in [0.25, 0.3) is 0 Å². The van der Waals surface area contributed by atoms with Crippen LogP contribution in [0.1, 0.15) is 36.8 Å². The first-order valence-electron chi connectivity index (χ1n) is 6.32. The molecule has 2 rings (SSSR count). The van der Waals surface area contributed by atoms with Crippen LogP contribution in [-0.4, -0.2) is 29.8 Å². The van der Waals surface area contributed by atoms with Crippen molar-refractivity contribution >= 4 is 11.6 Å². The van der Waals surface area contributed by atoms with Crippen LogP contribution >= 0.6 is 11.6 Å². The second-order valence-corrected chi connectivity index (χ2v) is 4.95. The second-order valence-electron chi connectivity index (χ2n) is 4.59. The standard InChI is InChI=1S/C13H19ClN2O2/c1-4-18-13(5-7-17-8-6-13)12-15-10(3)9(2)11(14)16-12/h4-8H2,1-3H3. The fourth-order valence-electron chi connectivity index (χ4n) is 2.21. The van der Waals surface area contributed by atoms with Crippen molar-refractivity contribution < 1.29 is 9.47 Å². The predicted octanol–water partition coefficient (Wildman–Crippen LogP) is 2.79. The highest BCUT2D eigenvalue weighted by Gasteiger charge is 2.38. The minimum absolute atomic E-state index is 0.435. The SMILES string of the molecule is CCOC1(c2nc(C)c(C)c(Cl)n2)CCOCC1. The summed E-state index contributed by atoms with van der Waals surface area (Å²) < 4.78 is 11.4. The van der Waals surface area contributed by atoms with Crippen molar-refractivity contribution in [2.75, 3.05) is 19.8 Å². The van der Waals surface area contributed by atoms with E-state index in [2.05, 4.69) is 9.97 Å². The maximum atomic E-state index is 6.16. The number of nitrogens with zero attached hydrogens (tertiary/aromatic N) is 2. The van der Waals surface area contributed by atoms with Crippen LogP contribution in [0.3, 0.4) is 0 Å². The zero-order valence-electron chi connectivity index (χ0n) is 11.1. The molecule has 1 aromatic rings. The first-order valence-corrected chi connectivity index (χ1v) is 6.70. The van der Waals surface area contributed by atoms with Crippen LogP contribution in [0.4, 0.5) is 0 Å². The molecule has 0 unspecified atom stereocenters. The van der Waals surface area contributed by atoms with E-state index in [0.717, 1.165) is 24.1 Å². The smallest absolute Gasteiger partial charge is 0.162 e. The highest BCUT2D eigenvalue weighted by molar-refractivity contribution is 6.30. The number of hydrogen-bond acceptors (Lipinski definition) is 4. The van der Waals surface area contributed by atoms with Crippen LogP contribution in [0.15, 0.2) is 0 Å². The number of ether oxygens (including phenoxy) is 2. The van der Waals surface area contributed by atoms with Gasteiger partial charge in [-0.15, -0.1) is 0 Å². The van der Waals surface area contributed by atoms with E-state index in [1.807, 2.05) is 20.8 Å². The van der Waals surface area contributed by atoms with Crippen molar-refractivity contribution in [1.82, 2.24) is 9.97 Å². The van der Waals surface area contributed by atoms with Gasteiger partial charge < -0.3 is 9.47 Å². The van der Waals surface area contributed by atoms with Gasteiger partial charge in [-0.05, 0) is 20.8 Å². The summed E-state index contributed by atoms with van der Waals surface area (Å²) in [6, 6.07) is 0. The van der Waals surface area contributed by atoms with Gasteiger partial charge in [-0.3, -0.25) is 0 Å². The Morgan fingerprint density at radius 3 is 2.50 bits per heavy atom. The monoisotopic (exact) mass is 270 g/mol. The zero-order valence-corrected chi connectivity index (χ0v) is 11.9. The molecular formula is C13H19ClN2O2. The molecule has 1 saturated heterocycles. The Hall–Kier alpha value is -0.710. The van der Waals surface area contributed by atoms with Gasteiger partial charge in [-0.2, -0.15) is 0 Å². The summed E-state index contributed by atoms with van der Waals surface area (Å²) in [6.45, 7) is 7.85. The van der Waals surface area contributed by atoms with Gasteiger partial charge in [0.2, 0.25) is 0 Å². The maximum absolute atomic E-state index is 6.16. The Morgan fingerprint density at radius 2 is 1.94 bits per heavy atom. The van der Waals surface area contributed by atoms with Crippen LogP contribution in [0.25, 0.3) is 0 Å². The molecule has 0 N–H and O–H groups in total. The summed E-state index contributed by atoms with van der Waals surface area (Å²) in [4.78, 5) is 8.99. The normalized spacial score (nSPS) is 18.9. The van der Waals surface area contributed by atoms with Crippen molar-refractivity contribution in [3.63, 3.8) is 0 Å². The van der Waals surface area contributed by atoms with Gasteiger partial charge in [0.05, 0.1) is 0 Å². The van der Waals surface area contributed by atoms with E-state index < -0.39 is 5.60 Å². The molecule has 4 nitrogen and oxygen atoms in total. The average Bonchev–Trinajstić information content (AvgIpc) is 2.37. The van der Waals surface area contributed by atoms with Gasteiger partial charge in [0.15, 0.2) is 5.82 Å². The van der Waals surface area contributed by atoms with Crippen LogP contribution in [0.5, 0.6) is 0 Å². The third-order valence-corrected chi connectivity index (χ3v) is 3.83. The lowest BCUT2D eigenvalue weighted by Crippen LogP contribution is -2.38. The van der Waals surface area contributed by atoms with E-state index in [-0.39, 0.29) is 0 Å². The summed E-state index contributed by atoms with van der Waals surface area (Å²) in [5.74, 6) is 0.695.